The van der Waals surface area contributed by atoms with Crippen LogP contribution in [0.5, 0.6) is 5.75 Å². The Labute approximate surface area is 201 Å². The van der Waals surface area contributed by atoms with Gasteiger partial charge >= 0.3 is 18.0 Å². The standard InChI is InChI=1S/C20H13ClF7N3O5/c21-12-3-1-11(2-4-12)15-9-17(33,18(22,23)19(24,25)20(26,27)28)30(29-15)16(32)10-36-14-7-5-13(6-8-14)31(34)35/h1-8,33H,9-10H2/t17-/m1/s1. The number of hydrazone groups is 1. The molecule has 36 heavy (non-hydrogen) atoms. The Kier molecular flexibility index (Phi) is 6.94. The van der Waals surface area contributed by atoms with Gasteiger partial charge in [0.05, 0.1) is 10.6 Å². The third kappa shape index (κ3) is 4.67. The van der Waals surface area contributed by atoms with E-state index in [0.29, 0.717) is 0 Å². The number of carbonyl (C=O) groups is 1. The average Bonchev–Trinajstić information content (AvgIpc) is 3.16. The van der Waals surface area contributed by atoms with E-state index in [1.165, 1.54) is 12.1 Å². The molecule has 2 aromatic carbocycles. The molecule has 2 aromatic rings. The summed E-state index contributed by atoms with van der Waals surface area (Å²) in [6, 6.07) is 8.70. The van der Waals surface area contributed by atoms with Gasteiger partial charge < -0.3 is 9.84 Å². The van der Waals surface area contributed by atoms with Gasteiger partial charge in [-0.1, -0.05) is 23.7 Å². The van der Waals surface area contributed by atoms with E-state index in [-0.39, 0.29) is 22.0 Å². The number of ether oxygens (including phenoxy) is 1. The van der Waals surface area contributed by atoms with Crippen LogP contribution in [-0.2, 0) is 4.79 Å². The van der Waals surface area contributed by atoms with Crippen LogP contribution in [-0.4, -0.2) is 57.0 Å². The molecule has 194 valence electrons. The van der Waals surface area contributed by atoms with E-state index in [2.05, 4.69) is 5.10 Å². The molecule has 1 amide bonds. The third-order valence-corrected chi connectivity index (χ3v) is 5.31. The predicted molar refractivity (Wildman–Crippen MR) is 109 cm³/mol. The highest BCUT2D eigenvalue weighted by molar-refractivity contribution is 6.30. The number of aliphatic hydroxyl groups is 1. The molecule has 3 rings (SSSR count). The monoisotopic (exact) mass is 543 g/mol. The van der Waals surface area contributed by atoms with Crippen molar-refractivity contribution in [2.45, 2.75) is 30.2 Å². The first-order valence-electron chi connectivity index (χ1n) is 9.60. The molecule has 0 fully saturated rings. The summed E-state index contributed by atoms with van der Waals surface area (Å²) < 4.78 is 101. The van der Waals surface area contributed by atoms with Crippen molar-refractivity contribution >= 4 is 28.9 Å². The van der Waals surface area contributed by atoms with Crippen LogP contribution in [0.15, 0.2) is 53.6 Å². The van der Waals surface area contributed by atoms with Gasteiger partial charge in [-0.2, -0.15) is 40.8 Å². The second-order valence-electron chi connectivity index (χ2n) is 7.44. The summed E-state index contributed by atoms with van der Waals surface area (Å²) in [6.45, 7) is -1.26. The smallest absolute Gasteiger partial charge is 0.460 e. The zero-order chi connectivity index (χ0) is 27.1. The lowest BCUT2D eigenvalue weighted by Gasteiger charge is -2.41. The van der Waals surface area contributed by atoms with E-state index in [4.69, 9.17) is 16.3 Å². The molecular formula is C20H13ClF7N3O5. The van der Waals surface area contributed by atoms with Crippen molar-refractivity contribution in [2.24, 2.45) is 5.10 Å². The first kappa shape index (κ1) is 27.1. The molecule has 0 unspecified atom stereocenters. The number of rotatable bonds is 7. The first-order valence-corrected chi connectivity index (χ1v) is 9.97. The predicted octanol–water partition coefficient (Wildman–Crippen LogP) is 4.79. The summed E-state index contributed by atoms with van der Waals surface area (Å²) in [5, 5.41) is 24.2. The maximum atomic E-state index is 14.7. The van der Waals surface area contributed by atoms with Gasteiger partial charge in [0.25, 0.3) is 11.6 Å². The summed E-state index contributed by atoms with van der Waals surface area (Å²) in [4.78, 5) is 22.5. The number of nitrogens with zero attached hydrogens (tertiary/aromatic N) is 3. The van der Waals surface area contributed by atoms with Crippen molar-refractivity contribution in [3.63, 3.8) is 0 Å². The molecule has 16 heteroatoms. The van der Waals surface area contributed by atoms with E-state index in [0.717, 1.165) is 36.4 Å². The van der Waals surface area contributed by atoms with Crippen LogP contribution in [0.25, 0.3) is 0 Å². The average molecular weight is 544 g/mol. The lowest BCUT2D eigenvalue weighted by Crippen LogP contribution is -2.69. The van der Waals surface area contributed by atoms with Crippen LogP contribution < -0.4 is 4.74 Å². The molecule has 0 radical (unpaired) electrons. The van der Waals surface area contributed by atoms with Crippen molar-refractivity contribution in [1.82, 2.24) is 5.01 Å². The molecule has 1 atom stereocenters. The fourth-order valence-electron chi connectivity index (χ4n) is 3.16. The van der Waals surface area contributed by atoms with E-state index in [1.54, 1.807) is 0 Å². The van der Waals surface area contributed by atoms with Crippen LogP contribution in [0.4, 0.5) is 36.4 Å². The molecule has 0 aromatic heterocycles. The molecule has 1 heterocycles. The largest absolute Gasteiger partial charge is 0.484 e. The van der Waals surface area contributed by atoms with Crippen LogP contribution in [0.1, 0.15) is 12.0 Å². The highest BCUT2D eigenvalue weighted by atomic mass is 35.5. The molecule has 1 aliphatic heterocycles. The summed E-state index contributed by atoms with van der Waals surface area (Å²) in [6.07, 6.45) is -8.39. The Morgan fingerprint density at radius 3 is 2.14 bits per heavy atom. The van der Waals surface area contributed by atoms with Gasteiger partial charge in [0.1, 0.15) is 5.75 Å². The molecule has 0 saturated heterocycles. The molecule has 0 bridgehead atoms. The van der Waals surface area contributed by atoms with Crippen molar-refractivity contribution < 1.29 is 50.3 Å². The maximum absolute atomic E-state index is 14.7. The highest BCUT2D eigenvalue weighted by Gasteiger charge is 2.82. The SMILES string of the molecule is O=C(COc1ccc([N+](=O)[O-])cc1)N1N=C(c2ccc(Cl)cc2)C[C@@]1(O)C(F)(F)C(F)(F)C(F)(F)F. The quantitative estimate of drug-likeness (QED) is 0.307. The minimum Gasteiger partial charge on any atom is -0.484 e. The number of nitro benzene ring substituents is 1. The maximum Gasteiger partial charge on any atom is 0.460 e. The zero-order valence-electron chi connectivity index (χ0n) is 17.5. The molecule has 8 nitrogen and oxygen atoms in total. The number of hydrogen-bond acceptors (Lipinski definition) is 6. The van der Waals surface area contributed by atoms with E-state index < -0.39 is 58.3 Å². The molecule has 0 aliphatic carbocycles. The first-order chi connectivity index (χ1) is 16.5. The summed E-state index contributed by atoms with van der Waals surface area (Å²) in [5.74, 6) is -15.0. The Morgan fingerprint density at radius 2 is 1.64 bits per heavy atom. The zero-order valence-corrected chi connectivity index (χ0v) is 18.2. The van der Waals surface area contributed by atoms with Crippen molar-refractivity contribution in [2.75, 3.05) is 6.61 Å². The van der Waals surface area contributed by atoms with E-state index >= 15 is 0 Å². The summed E-state index contributed by atoms with van der Waals surface area (Å²) in [5.41, 5.74) is -5.53. The van der Waals surface area contributed by atoms with Gasteiger partial charge in [-0.05, 0) is 29.8 Å². The van der Waals surface area contributed by atoms with Crippen molar-refractivity contribution in [3.05, 3.63) is 69.2 Å². The van der Waals surface area contributed by atoms with E-state index in [9.17, 15) is 50.7 Å². The third-order valence-electron chi connectivity index (χ3n) is 5.06. The number of benzene rings is 2. The minimum absolute atomic E-state index is 0.101. The number of alkyl halides is 7. The number of nitro groups is 1. The number of non-ortho nitro benzene ring substituents is 1. The van der Waals surface area contributed by atoms with E-state index in [1.807, 2.05) is 0 Å². The highest BCUT2D eigenvalue weighted by Crippen LogP contribution is 2.54. The fraction of sp³-hybridized carbons (Fsp3) is 0.300. The molecule has 1 aliphatic rings. The van der Waals surface area contributed by atoms with Gasteiger partial charge in [0.15, 0.2) is 6.61 Å². The van der Waals surface area contributed by atoms with Crippen molar-refractivity contribution in [3.8, 4) is 5.75 Å². The Hall–Kier alpha value is -3.46. The number of amides is 1. The van der Waals surface area contributed by atoms with Gasteiger partial charge in [-0.15, -0.1) is 0 Å². The fourth-order valence-corrected chi connectivity index (χ4v) is 3.28. The van der Waals surface area contributed by atoms with Crippen LogP contribution in [0.2, 0.25) is 5.02 Å². The number of carbonyl (C=O) groups excluding carboxylic acids is 1. The second kappa shape index (κ2) is 9.20. The topological polar surface area (TPSA) is 105 Å². The van der Waals surface area contributed by atoms with Gasteiger partial charge in [0.2, 0.25) is 5.72 Å². The molecular weight excluding hydrogens is 531 g/mol. The summed E-state index contributed by atoms with van der Waals surface area (Å²) in [7, 11) is 0. The molecule has 1 N–H and O–H groups in total. The van der Waals surface area contributed by atoms with Gasteiger partial charge in [-0.25, -0.2) is 0 Å². The Balaban J connectivity index is 1.97. The Morgan fingerprint density at radius 1 is 1.08 bits per heavy atom. The second-order valence-corrected chi connectivity index (χ2v) is 7.88. The van der Waals surface area contributed by atoms with Gasteiger partial charge in [-0.3, -0.25) is 14.9 Å². The van der Waals surface area contributed by atoms with Crippen molar-refractivity contribution in [1.29, 1.82) is 0 Å². The minimum atomic E-state index is -6.79. The lowest BCUT2D eigenvalue weighted by atomic mass is 9.91. The van der Waals surface area contributed by atoms with Crippen LogP contribution >= 0.6 is 11.6 Å². The number of hydrogen-bond donors (Lipinski definition) is 1. The summed E-state index contributed by atoms with van der Waals surface area (Å²) >= 11 is 5.71. The van der Waals surface area contributed by atoms with Crippen LogP contribution in [0.3, 0.4) is 0 Å². The van der Waals surface area contributed by atoms with Crippen LogP contribution in [0, 0.1) is 10.1 Å². The molecule has 0 saturated carbocycles. The number of halogens is 8. The molecule has 0 spiro atoms. The Bertz CT molecular complexity index is 1190. The lowest BCUT2D eigenvalue weighted by molar-refractivity contribution is -0.401. The normalized spacial score (nSPS) is 18.7. The van der Waals surface area contributed by atoms with Gasteiger partial charge in [0, 0.05) is 23.6 Å².